The van der Waals surface area contributed by atoms with Gasteiger partial charge >= 0.3 is 0 Å². The molecule has 3 amide bonds. The lowest BCUT2D eigenvalue weighted by Gasteiger charge is -2.18. The summed E-state index contributed by atoms with van der Waals surface area (Å²) >= 11 is 0. The van der Waals surface area contributed by atoms with Crippen LogP contribution in [0.25, 0.3) is 0 Å². The van der Waals surface area contributed by atoms with Gasteiger partial charge < -0.3 is 19.5 Å². The molecular weight excluding hydrogens is 358 g/mol. The molecule has 0 saturated carbocycles. The predicted molar refractivity (Wildman–Crippen MR) is 105 cm³/mol. The van der Waals surface area contributed by atoms with Gasteiger partial charge in [0.25, 0.3) is 5.91 Å². The predicted octanol–water partition coefficient (Wildman–Crippen LogP) is 2.75. The number of nitrogens with zero attached hydrogens (tertiary/aromatic N) is 2. The van der Waals surface area contributed by atoms with Gasteiger partial charge in [0.2, 0.25) is 11.8 Å². The number of hydrogen-bond acceptors (Lipinski definition) is 4. The zero-order valence-electron chi connectivity index (χ0n) is 16.2. The topological polar surface area (TPSA) is 82.9 Å². The van der Waals surface area contributed by atoms with Crippen LogP contribution in [0, 0.1) is 5.92 Å². The summed E-state index contributed by atoms with van der Waals surface area (Å²) in [5, 5.41) is 2.84. The van der Waals surface area contributed by atoms with E-state index in [0.717, 1.165) is 0 Å². The normalized spacial score (nSPS) is 16.3. The zero-order chi connectivity index (χ0) is 20.1. The van der Waals surface area contributed by atoms with Gasteiger partial charge in [-0.1, -0.05) is 0 Å². The summed E-state index contributed by atoms with van der Waals surface area (Å²) < 4.78 is 5.27. The lowest BCUT2D eigenvalue weighted by molar-refractivity contribution is -0.128. The Labute approximate surface area is 164 Å². The number of anilines is 1. The van der Waals surface area contributed by atoms with Crippen LogP contribution in [-0.4, -0.2) is 47.2 Å². The molecule has 2 heterocycles. The van der Waals surface area contributed by atoms with Gasteiger partial charge in [-0.15, -0.1) is 0 Å². The van der Waals surface area contributed by atoms with Crippen molar-refractivity contribution in [3.63, 3.8) is 0 Å². The second kappa shape index (κ2) is 8.73. The second-order valence-electron chi connectivity index (χ2n) is 6.80. The molecule has 1 atom stereocenters. The molecule has 0 aliphatic carbocycles. The molecule has 7 nitrogen and oxygen atoms in total. The summed E-state index contributed by atoms with van der Waals surface area (Å²) in [7, 11) is 0. The summed E-state index contributed by atoms with van der Waals surface area (Å²) in [6, 6.07) is 10.4. The van der Waals surface area contributed by atoms with E-state index in [0.29, 0.717) is 43.2 Å². The van der Waals surface area contributed by atoms with Gasteiger partial charge in [-0.25, -0.2) is 0 Å². The van der Waals surface area contributed by atoms with E-state index in [9.17, 15) is 14.4 Å². The quantitative estimate of drug-likeness (QED) is 0.797. The molecule has 148 valence electrons. The summed E-state index contributed by atoms with van der Waals surface area (Å²) in [4.78, 5) is 40.4. The lowest BCUT2D eigenvalue weighted by atomic mass is 10.1. The van der Waals surface area contributed by atoms with E-state index in [-0.39, 0.29) is 24.1 Å². The van der Waals surface area contributed by atoms with E-state index in [1.165, 1.54) is 0 Å². The highest BCUT2D eigenvalue weighted by atomic mass is 16.3. The van der Waals surface area contributed by atoms with E-state index in [1.54, 1.807) is 46.4 Å². The maximum absolute atomic E-state index is 12.5. The van der Waals surface area contributed by atoms with Crippen LogP contribution in [0.1, 0.15) is 36.4 Å². The van der Waals surface area contributed by atoms with Crippen molar-refractivity contribution >= 4 is 23.4 Å². The zero-order valence-corrected chi connectivity index (χ0v) is 16.2. The second-order valence-corrected chi connectivity index (χ2v) is 6.80. The van der Waals surface area contributed by atoms with E-state index >= 15 is 0 Å². The minimum Gasteiger partial charge on any atom is -0.467 e. The van der Waals surface area contributed by atoms with Crippen molar-refractivity contribution < 1.29 is 18.8 Å². The number of nitrogens with one attached hydrogen (secondary N) is 1. The highest BCUT2D eigenvalue weighted by Crippen LogP contribution is 2.22. The first-order valence-electron chi connectivity index (χ1n) is 9.52. The Hall–Kier alpha value is -3.09. The van der Waals surface area contributed by atoms with E-state index in [1.807, 2.05) is 19.9 Å². The molecule has 3 rings (SSSR count). The number of hydrogen-bond donors (Lipinski definition) is 1. The number of furan rings is 1. The Bertz CT molecular complexity index is 826. The number of carbonyl (C=O) groups excluding carboxylic acids is 3. The monoisotopic (exact) mass is 383 g/mol. The van der Waals surface area contributed by atoms with Crippen molar-refractivity contribution in [1.82, 2.24) is 9.80 Å². The Morgan fingerprint density at radius 1 is 1.18 bits per heavy atom. The molecule has 7 heteroatoms. The van der Waals surface area contributed by atoms with Crippen LogP contribution in [0.2, 0.25) is 0 Å². The van der Waals surface area contributed by atoms with E-state index < -0.39 is 5.92 Å². The van der Waals surface area contributed by atoms with Gasteiger partial charge in [0.1, 0.15) is 5.76 Å². The fraction of sp³-hybridized carbons (Fsp3) is 0.381. The summed E-state index contributed by atoms with van der Waals surface area (Å²) in [5.41, 5.74) is 1.19. The maximum Gasteiger partial charge on any atom is 0.253 e. The van der Waals surface area contributed by atoms with E-state index in [2.05, 4.69) is 5.32 Å². The van der Waals surface area contributed by atoms with Crippen LogP contribution in [-0.2, 0) is 16.1 Å². The van der Waals surface area contributed by atoms with Crippen LogP contribution < -0.4 is 5.32 Å². The number of likely N-dealkylation sites (tertiary alicyclic amines) is 1. The number of carbonyl (C=O) groups is 3. The van der Waals surface area contributed by atoms with Gasteiger partial charge in [-0.3, -0.25) is 14.4 Å². The minimum absolute atomic E-state index is 0.0298. The molecule has 1 saturated heterocycles. The highest BCUT2D eigenvalue weighted by molar-refractivity contribution is 5.98. The molecule has 0 bridgehead atoms. The van der Waals surface area contributed by atoms with Gasteiger partial charge in [-0.05, 0) is 50.2 Å². The van der Waals surface area contributed by atoms with Crippen LogP contribution in [0.5, 0.6) is 0 Å². The third-order valence-electron chi connectivity index (χ3n) is 4.96. The van der Waals surface area contributed by atoms with Crippen LogP contribution in [0.4, 0.5) is 5.69 Å². The largest absolute Gasteiger partial charge is 0.467 e. The number of amides is 3. The first-order valence-corrected chi connectivity index (χ1v) is 9.52. The van der Waals surface area contributed by atoms with Crippen LogP contribution in [0.3, 0.4) is 0 Å². The molecular formula is C21H25N3O4. The van der Waals surface area contributed by atoms with E-state index in [4.69, 9.17) is 4.42 Å². The standard InChI is InChI=1S/C21H25N3O4/c1-3-23(4-2)21(27)15-7-9-17(10-8-15)22-20(26)16-12-19(25)24(13-16)14-18-6-5-11-28-18/h5-11,16H,3-4,12-14H2,1-2H3,(H,22,26). The molecule has 1 N–H and O–H groups in total. The van der Waals surface area contributed by atoms with Crippen molar-refractivity contribution in [1.29, 1.82) is 0 Å². The minimum atomic E-state index is -0.403. The van der Waals surface area contributed by atoms with Crippen molar-refractivity contribution in [2.45, 2.75) is 26.8 Å². The third-order valence-corrected chi connectivity index (χ3v) is 4.96. The average molecular weight is 383 g/mol. The highest BCUT2D eigenvalue weighted by Gasteiger charge is 2.34. The van der Waals surface area contributed by atoms with Crippen LogP contribution in [0.15, 0.2) is 47.1 Å². The number of benzene rings is 1. The van der Waals surface area contributed by atoms with Crippen molar-refractivity contribution in [3.8, 4) is 0 Å². The molecule has 0 spiro atoms. The van der Waals surface area contributed by atoms with Gasteiger partial charge in [0.15, 0.2) is 0 Å². The molecule has 1 unspecified atom stereocenters. The molecule has 0 radical (unpaired) electrons. The Kier molecular flexibility index (Phi) is 6.13. The summed E-state index contributed by atoms with van der Waals surface area (Å²) in [6.07, 6.45) is 1.75. The lowest BCUT2D eigenvalue weighted by Crippen LogP contribution is -2.30. The Balaban J connectivity index is 1.57. The van der Waals surface area contributed by atoms with Crippen molar-refractivity contribution in [2.24, 2.45) is 5.92 Å². The SMILES string of the molecule is CCN(CC)C(=O)c1ccc(NC(=O)C2CC(=O)N(Cc3ccco3)C2)cc1. The Morgan fingerprint density at radius 2 is 1.89 bits per heavy atom. The molecule has 1 aliphatic rings. The average Bonchev–Trinajstić information content (AvgIpc) is 3.34. The first-order chi connectivity index (χ1) is 13.5. The van der Waals surface area contributed by atoms with Gasteiger partial charge in [0, 0.05) is 37.3 Å². The molecule has 28 heavy (non-hydrogen) atoms. The molecule has 1 aromatic heterocycles. The van der Waals surface area contributed by atoms with Crippen LogP contribution >= 0.6 is 0 Å². The molecule has 1 fully saturated rings. The molecule has 2 aromatic rings. The maximum atomic E-state index is 12.5. The summed E-state index contributed by atoms with van der Waals surface area (Å²) in [6.45, 7) is 5.92. The first kappa shape index (κ1) is 19.7. The third kappa shape index (κ3) is 4.42. The smallest absolute Gasteiger partial charge is 0.253 e. The fourth-order valence-corrected chi connectivity index (χ4v) is 3.33. The van der Waals surface area contributed by atoms with Gasteiger partial charge in [-0.2, -0.15) is 0 Å². The van der Waals surface area contributed by atoms with Crippen molar-refractivity contribution in [3.05, 3.63) is 54.0 Å². The number of rotatable bonds is 7. The van der Waals surface area contributed by atoms with Crippen molar-refractivity contribution in [2.75, 3.05) is 25.0 Å². The molecule has 1 aromatic carbocycles. The molecule has 1 aliphatic heterocycles. The summed E-state index contributed by atoms with van der Waals surface area (Å²) in [5.74, 6) is 0.00924. The Morgan fingerprint density at radius 3 is 2.50 bits per heavy atom. The van der Waals surface area contributed by atoms with Gasteiger partial charge in [0.05, 0.1) is 18.7 Å². The fourth-order valence-electron chi connectivity index (χ4n) is 3.33.